The molecule has 6 heteroatoms. The van der Waals surface area contributed by atoms with E-state index in [9.17, 15) is 22.8 Å². The first-order valence-electron chi connectivity index (χ1n) is 4.57. The van der Waals surface area contributed by atoms with E-state index in [2.05, 4.69) is 0 Å². The van der Waals surface area contributed by atoms with Gasteiger partial charge in [-0.25, -0.2) is 0 Å². The number of carbonyl (C=O) groups is 2. The number of alkyl halides is 4. The van der Waals surface area contributed by atoms with Crippen molar-refractivity contribution in [3.05, 3.63) is 34.4 Å². The van der Waals surface area contributed by atoms with E-state index in [1.54, 1.807) is 0 Å². The molecular formula is C11H8ClF3O2. The van der Waals surface area contributed by atoms with Crippen molar-refractivity contribution in [2.24, 2.45) is 0 Å². The smallest absolute Gasteiger partial charge is 0.298 e. The van der Waals surface area contributed by atoms with Crippen LogP contribution in [0.15, 0.2) is 12.1 Å². The van der Waals surface area contributed by atoms with Crippen molar-refractivity contribution in [2.75, 3.05) is 5.88 Å². The predicted octanol–water partition coefficient (Wildman–Crippen LogP) is 3.25. The van der Waals surface area contributed by atoms with E-state index in [0.717, 1.165) is 6.07 Å². The highest BCUT2D eigenvalue weighted by Crippen LogP contribution is 2.32. The van der Waals surface area contributed by atoms with Gasteiger partial charge in [-0.2, -0.15) is 13.2 Å². The lowest BCUT2D eigenvalue weighted by Crippen LogP contribution is -2.12. The van der Waals surface area contributed by atoms with E-state index < -0.39 is 17.5 Å². The Balaban J connectivity index is 3.46. The Kier molecular flexibility index (Phi) is 3.93. The lowest BCUT2D eigenvalue weighted by atomic mass is 9.96. The highest BCUT2D eigenvalue weighted by Gasteiger charge is 2.32. The highest BCUT2D eigenvalue weighted by molar-refractivity contribution is 6.31. The van der Waals surface area contributed by atoms with Crippen molar-refractivity contribution in [1.29, 1.82) is 0 Å². The fourth-order valence-electron chi connectivity index (χ4n) is 1.52. The maximum Gasteiger partial charge on any atom is 0.416 e. The molecule has 0 aromatic heterocycles. The van der Waals surface area contributed by atoms with Crippen LogP contribution in [0.25, 0.3) is 0 Å². The molecular weight excluding hydrogens is 257 g/mol. The minimum atomic E-state index is -4.55. The zero-order chi connectivity index (χ0) is 13.2. The van der Waals surface area contributed by atoms with E-state index in [1.807, 2.05) is 0 Å². The largest absolute Gasteiger partial charge is 0.416 e. The van der Waals surface area contributed by atoms with Gasteiger partial charge in [0.2, 0.25) is 0 Å². The summed E-state index contributed by atoms with van der Waals surface area (Å²) in [5, 5.41) is 0. The number of rotatable bonds is 3. The van der Waals surface area contributed by atoms with Crippen LogP contribution in [0.4, 0.5) is 13.2 Å². The molecule has 0 amide bonds. The van der Waals surface area contributed by atoms with Crippen LogP contribution in [0.1, 0.15) is 31.8 Å². The van der Waals surface area contributed by atoms with Crippen LogP contribution in [0.3, 0.4) is 0 Å². The molecule has 0 unspecified atom stereocenters. The van der Waals surface area contributed by atoms with Gasteiger partial charge in [0.05, 0.1) is 11.4 Å². The van der Waals surface area contributed by atoms with Gasteiger partial charge >= 0.3 is 6.18 Å². The van der Waals surface area contributed by atoms with Crippen molar-refractivity contribution in [3.63, 3.8) is 0 Å². The molecule has 1 rings (SSSR count). The number of ketones is 1. The number of halogens is 4. The third kappa shape index (κ3) is 2.85. The average Bonchev–Trinajstić information content (AvgIpc) is 2.25. The summed E-state index contributed by atoms with van der Waals surface area (Å²) in [5.41, 5.74) is -1.21. The molecule has 0 bridgehead atoms. The summed E-state index contributed by atoms with van der Waals surface area (Å²) in [6, 6.07) is 1.48. The Morgan fingerprint density at radius 1 is 1.41 bits per heavy atom. The molecule has 0 heterocycles. The number of aryl methyl sites for hydroxylation is 1. The molecule has 0 atom stereocenters. The van der Waals surface area contributed by atoms with Gasteiger partial charge in [-0.05, 0) is 24.6 Å². The number of benzene rings is 1. The molecule has 0 aliphatic carbocycles. The molecule has 1 aromatic rings. The normalized spacial score (nSPS) is 11.4. The Morgan fingerprint density at radius 3 is 2.41 bits per heavy atom. The van der Waals surface area contributed by atoms with Gasteiger partial charge in [0.1, 0.15) is 0 Å². The SMILES string of the molecule is Cc1cc(C(F)(F)F)cc(C=O)c1C(=O)CCl. The van der Waals surface area contributed by atoms with Crippen LogP contribution in [0.5, 0.6) is 0 Å². The summed E-state index contributed by atoms with van der Waals surface area (Å²) >= 11 is 5.33. The van der Waals surface area contributed by atoms with Gasteiger partial charge < -0.3 is 0 Å². The van der Waals surface area contributed by atoms with Crippen molar-refractivity contribution in [2.45, 2.75) is 13.1 Å². The van der Waals surface area contributed by atoms with Crippen LogP contribution in [-0.4, -0.2) is 17.9 Å². The molecule has 0 aliphatic rings. The van der Waals surface area contributed by atoms with Gasteiger partial charge in [0, 0.05) is 11.1 Å². The first-order chi connectivity index (χ1) is 7.81. The fraction of sp³-hybridized carbons (Fsp3) is 0.273. The van der Waals surface area contributed by atoms with Crippen LogP contribution < -0.4 is 0 Å². The highest BCUT2D eigenvalue weighted by atomic mass is 35.5. The average molecular weight is 265 g/mol. The molecule has 17 heavy (non-hydrogen) atoms. The lowest BCUT2D eigenvalue weighted by molar-refractivity contribution is -0.137. The second kappa shape index (κ2) is 4.87. The first-order valence-corrected chi connectivity index (χ1v) is 5.11. The standard InChI is InChI=1S/C11H8ClF3O2/c1-6-2-8(11(13,14)15)3-7(5-16)10(6)9(17)4-12/h2-3,5H,4H2,1H3. The Hall–Kier alpha value is -1.36. The number of carbonyl (C=O) groups excluding carboxylic acids is 2. The number of hydrogen-bond donors (Lipinski definition) is 0. The van der Waals surface area contributed by atoms with Gasteiger partial charge in [-0.1, -0.05) is 0 Å². The van der Waals surface area contributed by atoms with E-state index in [-0.39, 0.29) is 28.9 Å². The molecule has 0 saturated heterocycles. The zero-order valence-corrected chi connectivity index (χ0v) is 9.52. The minimum Gasteiger partial charge on any atom is -0.298 e. The van der Waals surface area contributed by atoms with Crippen LogP contribution in [-0.2, 0) is 6.18 Å². The van der Waals surface area contributed by atoms with E-state index >= 15 is 0 Å². The predicted molar refractivity (Wildman–Crippen MR) is 56.6 cm³/mol. The second-order valence-corrected chi connectivity index (χ2v) is 3.70. The van der Waals surface area contributed by atoms with E-state index in [1.165, 1.54) is 6.92 Å². The summed E-state index contributed by atoms with van der Waals surface area (Å²) in [5.74, 6) is -0.951. The maximum atomic E-state index is 12.5. The maximum absolute atomic E-state index is 12.5. The monoisotopic (exact) mass is 264 g/mol. The van der Waals surface area contributed by atoms with E-state index in [0.29, 0.717) is 6.07 Å². The summed E-state index contributed by atoms with van der Waals surface area (Å²) < 4.78 is 37.4. The van der Waals surface area contributed by atoms with Gasteiger partial charge in [0.25, 0.3) is 0 Å². The van der Waals surface area contributed by atoms with Crippen LogP contribution in [0, 0.1) is 6.92 Å². The third-order valence-electron chi connectivity index (χ3n) is 2.22. The van der Waals surface area contributed by atoms with Crippen molar-refractivity contribution < 1.29 is 22.8 Å². The minimum absolute atomic E-state index is 0.0528. The van der Waals surface area contributed by atoms with Crippen molar-refractivity contribution in [1.82, 2.24) is 0 Å². The van der Waals surface area contributed by atoms with Gasteiger partial charge in [-0.15, -0.1) is 11.6 Å². The molecule has 0 aliphatic heterocycles. The Bertz CT molecular complexity index is 467. The zero-order valence-electron chi connectivity index (χ0n) is 8.77. The molecule has 0 saturated carbocycles. The summed E-state index contributed by atoms with van der Waals surface area (Å²) in [4.78, 5) is 22.1. The molecule has 0 spiro atoms. The summed E-state index contributed by atoms with van der Waals surface area (Å²) in [7, 11) is 0. The third-order valence-corrected chi connectivity index (χ3v) is 2.46. The second-order valence-electron chi connectivity index (χ2n) is 3.43. The van der Waals surface area contributed by atoms with E-state index in [4.69, 9.17) is 11.6 Å². The number of Topliss-reactive ketones (excluding diaryl/α,β-unsaturated/α-hetero) is 1. The quantitative estimate of drug-likeness (QED) is 0.477. The topological polar surface area (TPSA) is 34.1 Å². The summed E-state index contributed by atoms with van der Waals surface area (Å²) in [6.45, 7) is 1.34. The lowest BCUT2D eigenvalue weighted by Gasteiger charge is -2.12. The molecule has 0 radical (unpaired) electrons. The Labute approximate surface area is 100 Å². The number of aldehydes is 1. The Morgan fingerprint density at radius 2 is 2.00 bits per heavy atom. The molecule has 0 N–H and O–H groups in total. The first kappa shape index (κ1) is 13.7. The van der Waals surface area contributed by atoms with Crippen LogP contribution in [0.2, 0.25) is 0 Å². The van der Waals surface area contributed by atoms with Gasteiger partial charge in [0.15, 0.2) is 12.1 Å². The van der Waals surface area contributed by atoms with Gasteiger partial charge in [-0.3, -0.25) is 9.59 Å². The molecule has 2 nitrogen and oxygen atoms in total. The fourth-order valence-corrected chi connectivity index (χ4v) is 1.65. The van der Waals surface area contributed by atoms with Crippen molar-refractivity contribution in [3.8, 4) is 0 Å². The molecule has 1 aromatic carbocycles. The number of hydrogen-bond acceptors (Lipinski definition) is 2. The summed E-state index contributed by atoms with van der Waals surface area (Å²) in [6.07, 6.45) is -4.33. The van der Waals surface area contributed by atoms with Crippen molar-refractivity contribution >= 4 is 23.7 Å². The molecule has 92 valence electrons. The molecule has 0 fully saturated rings. The van der Waals surface area contributed by atoms with Crippen LogP contribution >= 0.6 is 11.6 Å².